The number of carbonyl (C=O) groups is 1. The number of nitro groups is 1. The summed E-state index contributed by atoms with van der Waals surface area (Å²) in [5, 5.41) is 13.5. The number of nitrogens with one attached hydrogen (secondary N) is 1. The van der Waals surface area contributed by atoms with Gasteiger partial charge in [0.25, 0.3) is 11.6 Å². The first-order valence-electron chi connectivity index (χ1n) is 6.59. The van der Waals surface area contributed by atoms with Crippen LogP contribution in [0.4, 0.5) is 11.4 Å². The molecule has 7 nitrogen and oxygen atoms in total. The van der Waals surface area contributed by atoms with Gasteiger partial charge in [0.05, 0.1) is 4.92 Å². The Morgan fingerprint density at radius 1 is 1.09 bits per heavy atom. The third-order valence-corrected chi connectivity index (χ3v) is 3.15. The monoisotopic (exact) mass is 300 g/mol. The Balaban J connectivity index is 1.85. The van der Waals surface area contributed by atoms with Gasteiger partial charge < -0.3 is 14.8 Å². The third kappa shape index (κ3) is 2.69. The topological polar surface area (TPSA) is 90.7 Å². The minimum atomic E-state index is -0.542. The Morgan fingerprint density at radius 3 is 2.59 bits per heavy atom. The number of hydrogen-bond acceptors (Lipinski definition) is 5. The molecule has 0 spiro atoms. The zero-order valence-corrected chi connectivity index (χ0v) is 11.4. The standard InChI is InChI=1S/C15H12N2O5/c18-15(16-11-3-1-2-4-12(11)17(19)20)10-5-6-13-14(9-10)22-8-7-21-13/h1-6,9H,7-8H2,(H,16,18). The molecule has 1 aliphatic heterocycles. The van der Waals surface area contributed by atoms with E-state index < -0.39 is 10.8 Å². The van der Waals surface area contributed by atoms with Crippen LogP contribution in [0.1, 0.15) is 10.4 Å². The highest BCUT2D eigenvalue weighted by molar-refractivity contribution is 6.05. The summed E-state index contributed by atoms with van der Waals surface area (Å²) >= 11 is 0. The lowest BCUT2D eigenvalue weighted by atomic mass is 10.1. The van der Waals surface area contributed by atoms with Crippen LogP contribution in [0, 0.1) is 10.1 Å². The Bertz CT molecular complexity index is 744. The van der Waals surface area contributed by atoms with Gasteiger partial charge in [-0.1, -0.05) is 12.1 Å². The molecule has 0 radical (unpaired) electrons. The molecule has 1 N–H and O–H groups in total. The van der Waals surface area contributed by atoms with Crippen LogP contribution in [0.5, 0.6) is 11.5 Å². The lowest BCUT2D eigenvalue weighted by molar-refractivity contribution is -0.383. The minimum absolute atomic E-state index is 0.146. The van der Waals surface area contributed by atoms with E-state index in [2.05, 4.69) is 5.32 Å². The Labute approximate surface area is 125 Å². The quantitative estimate of drug-likeness (QED) is 0.695. The predicted octanol–water partition coefficient (Wildman–Crippen LogP) is 2.62. The zero-order valence-electron chi connectivity index (χ0n) is 11.4. The van der Waals surface area contributed by atoms with Crippen molar-refractivity contribution in [3.63, 3.8) is 0 Å². The second-order valence-corrected chi connectivity index (χ2v) is 4.59. The summed E-state index contributed by atoms with van der Waals surface area (Å²) in [7, 11) is 0. The second-order valence-electron chi connectivity index (χ2n) is 4.59. The summed E-state index contributed by atoms with van der Waals surface area (Å²) < 4.78 is 10.8. The molecule has 3 rings (SSSR count). The van der Waals surface area contributed by atoms with Crippen molar-refractivity contribution in [2.45, 2.75) is 0 Å². The molecule has 2 aromatic carbocycles. The normalized spacial score (nSPS) is 12.5. The van der Waals surface area contributed by atoms with Crippen molar-refractivity contribution in [1.82, 2.24) is 0 Å². The molecule has 0 fully saturated rings. The Morgan fingerprint density at radius 2 is 1.82 bits per heavy atom. The van der Waals surface area contributed by atoms with Crippen LogP contribution in [-0.4, -0.2) is 24.0 Å². The number of ether oxygens (including phenoxy) is 2. The number of para-hydroxylation sites is 2. The molecule has 112 valence electrons. The Hall–Kier alpha value is -3.09. The number of fused-ring (bicyclic) bond motifs is 1. The van der Waals surface area contributed by atoms with Gasteiger partial charge in [0.2, 0.25) is 0 Å². The number of rotatable bonds is 3. The van der Waals surface area contributed by atoms with Gasteiger partial charge in [0.15, 0.2) is 11.5 Å². The molecule has 0 atom stereocenters. The van der Waals surface area contributed by atoms with Gasteiger partial charge >= 0.3 is 0 Å². The van der Waals surface area contributed by atoms with E-state index in [0.717, 1.165) is 0 Å². The van der Waals surface area contributed by atoms with E-state index in [1.807, 2.05) is 0 Å². The molecule has 1 heterocycles. The van der Waals surface area contributed by atoms with Crippen LogP contribution in [0.3, 0.4) is 0 Å². The summed E-state index contributed by atoms with van der Waals surface area (Å²) in [5.74, 6) is 0.612. The SMILES string of the molecule is O=C(Nc1ccccc1[N+](=O)[O-])c1ccc2c(c1)OCCO2. The fraction of sp³-hybridized carbons (Fsp3) is 0.133. The van der Waals surface area contributed by atoms with E-state index in [0.29, 0.717) is 30.3 Å². The molecule has 1 aliphatic rings. The van der Waals surface area contributed by atoms with Crippen molar-refractivity contribution in [2.24, 2.45) is 0 Å². The predicted molar refractivity (Wildman–Crippen MR) is 78.5 cm³/mol. The molecular formula is C15H12N2O5. The van der Waals surface area contributed by atoms with Gasteiger partial charge in [-0.3, -0.25) is 14.9 Å². The molecule has 0 aromatic heterocycles. The summed E-state index contributed by atoms with van der Waals surface area (Å²) in [6.45, 7) is 0.886. The van der Waals surface area contributed by atoms with Crippen molar-refractivity contribution < 1.29 is 19.2 Å². The maximum Gasteiger partial charge on any atom is 0.292 e. The Kier molecular flexibility index (Phi) is 3.61. The van der Waals surface area contributed by atoms with Crippen LogP contribution >= 0.6 is 0 Å². The molecular weight excluding hydrogens is 288 g/mol. The van der Waals surface area contributed by atoms with E-state index >= 15 is 0 Å². The first-order valence-corrected chi connectivity index (χ1v) is 6.59. The van der Waals surface area contributed by atoms with E-state index in [4.69, 9.17) is 9.47 Å². The molecule has 0 saturated carbocycles. The fourth-order valence-corrected chi connectivity index (χ4v) is 2.12. The molecule has 0 saturated heterocycles. The van der Waals surface area contributed by atoms with Crippen LogP contribution in [0.25, 0.3) is 0 Å². The average molecular weight is 300 g/mol. The maximum atomic E-state index is 12.2. The largest absolute Gasteiger partial charge is 0.486 e. The highest BCUT2D eigenvalue weighted by Crippen LogP contribution is 2.31. The number of hydrogen-bond donors (Lipinski definition) is 1. The molecule has 0 unspecified atom stereocenters. The molecule has 2 aromatic rings. The number of carbonyl (C=O) groups excluding carboxylic acids is 1. The van der Waals surface area contributed by atoms with Gasteiger partial charge in [-0.25, -0.2) is 0 Å². The lowest BCUT2D eigenvalue weighted by Gasteiger charge is -2.18. The van der Waals surface area contributed by atoms with E-state index in [1.54, 1.807) is 24.3 Å². The van der Waals surface area contributed by atoms with Crippen LogP contribution in [0.2, 0.25) is 0 Å². The van der Waals surface area contributed by atoms with Crippen LogP contribution in [-0.2, 0) is 0 Å². The van der Waals surface area contributed by atoms with Crippen molar-refractivity contribution in [3.05, 3.63) is 58.1 Å². The van der Waals surface area contributed by atoms with E-state index in [-0.39, 0.29) is 11.4 Å². The molecule has 0 aliphatic carbocycles. The number of nitrogens with zero attached hydrogens (tertiary/aromatic N) is 1. The first kappa shape index (κ1) is 13.9. The third-order valence-electron chi connectivity index (χ3n) is 3.15. The van der Waals surface area contributed by atoms with Gasteiger partial charge in [-0.2, -0.15) is 0 Å². The van der Waals surface area contributed by atoms with Crippen molar-refractivity contribution in [1.29, 1.82) is 0 Å². The minimum Gasteiger partial charge on any atom is -0.486 e. The fourth-order valence-electron chi connectivity index (χ4n) is 2.12. The van der Waals surface area contributed by atoms with Crippen molar-refractivity contribution in [3.8, 4) is 11.5 Å². The number of benzene rings is 2. The summed E-state index contributed by atoms with van der Waals surface area (Å²) in [6, 6.07) is 10.7. The van der Waals surface area contributed by atoms with E-state index in [9.17, 15) is 14.9 Å². The maximum absolute atomic E-state index is 12.2. The second kappa shape index (κ2) is 5.72. The lowest BCUT2D eigenvalue weighted by Crippen LogP contribution is -2.17. The van der Waals surface area contributed by atoms with Gasteiger partial charge in [0.1, 0.15) is 18.9 Å². The smallest absolute Gasteiger partial charge is 0.292 e. The van der Waals surface area contributed by atoms with Gasteiger partial charge in [-0.15, -0.1) is 0 Å². The van der Waals surface area contributed by atoms with Gasteiger partial charge in [0, 0.05) is 11.6 Å². The summed E-state index contributed by atoms with van der Waals surface area (Å²) in [5.41, 5.74) is 0.322. The van der Waals surface area contributed by atoms with Crippen LogP contribution in [0.15, 0.2) is 42.5 Å². The number of anilines is 1. The van der Waals surface area contributed by atoms with Gasteiger partial charge in [-0.05, 0) is 24.3 Å². The van der Waals surface area contributed by atoms with E-state index in [1.165, 1.54) is 18.2 Å². The highest BCUT2D eigenvalue weighted by Gasteiger charge is 2.18. The number of amides is 1. The first-order chi connectivity index (χ1) is 10.6. The molecule has 22 heavy (non-hydrogen) atoms. The highest BCUT2D eigenvalue weighted by atomic mass is 16.6. The molecule has 1 amide bonds. The van der Waals surface area contributed by atoms with Crippen molar-refractivity contribution >= 4 is 17.3 Å². The van der Waals surface area contributed by atoms with Crippen molar-refractivity contribution in [2.75, 3.05) is 18.5 Å². The van der Waals surface area contributed by atoms with Crippen LogP contribution < -0.4 is 14.8 Å². The molecule has 0 bridgehead atoms. The molecule has 7 heteroatoms. The average Bonchev–Trinajstić information content (AvgIpc) is 2.54. The zero-order chi connectivity index (χ0) is 15.5. The summed E-state index contributed by atoms with van der Waals surface area (Å²) in [4.78, 5) is 22.7. The number of nitro benzene ring substituents is 1. The summed E-state index contributed by atoms with van der Waals surface area (Å²) in [6.07, 6.45) is 0.